The maximum Gasteiger partial charge on any atom is 0.303 e. The number of nitrogens with zero attached hydrogens (tertiary/aromatic N) is 2. The van der Waals surface area contributed by atoms with Crippen molar-refractivity contribution in [1.82, 2.24) is 9.97 Å². The normalized spacial score (nSPS) is 9.93. The highest BCUT2D eigenvalue weighted by Gasteiger charge is 1.98. The number of hydrogen-bond acceptors (Lipinski definition) is 4. The first-order chi connectivity index (χ1) is 7.22. The van der Waals surface area contributed by atoms with Crippen LogP contribution in [0.2, 0.25) is 0 Å². The largest absolute Gasteiger partial charge is 0.481 e. The molecule has 1 rings (SSSR count). The minimum atomic E-state index is -0.779. The lowest BCUT2D eigenvalue weighted by atomic mass is 10.3. The molecule has 0 saturated carbocycles. The molecule has 0 aliphatic carbocycles. The van der Waals surface area contributed by atoms with Gasteiger partial charge in [0.05, 0.1) is 0 Å². The van der Waals surface area contributed by atoms with Gasteiger partial charge in [-0.2, -0.15) is 0 Å². The van der Waals surface area contributed by atoms with Crippen molar-refractivity contribution in [3.8, 4) is 0 Å². The molecule has 1 aromatic heterocycles. The average molecular weight is 209 g/mol. The fourth-order valence-corrected chi connectivity index (χ4v) is 1.07. The Labute approximate surface area is 88.6 Å². The number of carboxylic acids is 1. The number of hydrogen-bond donors (Lipinski definition) is 2. The number of rotatable bonds is 6. The third-order valence-electron chi connectivity index (χ3n) is 1.96. The first-order valence-corrected chi connectivity index (χ1v) is 4.99. The van der Waals surface area contributed by atoms with Crippen LogP contribution < -0.4 is 5.32 Å². The molecule has 1 heterocycles. The number of aliphatic carboxylic acids is 1. The van der Waals surface area contributed by atoms with Crippen molar-refractivity contribution in [1.29, 1.82) is 0 Å². The Kier molecular flexibility index (Phi) is 4.53. The standard InChI is InChI=1S/C10H15N3O2/c1-2-8-6-12-10(13-7-8)11-5-3-4-9(14)15/h6-7H,2-5H2,1H3,(H,14,15)(H,11,12,13). The van der Waals surface area contributed by atoms with E-state index in [1.54, 1.807) is 12.4 Å². The molecule has 82 valence electrons. The molecule has 0 spiro atoms. The topological polar surface area (TPSA) is 75.1 Å². The second-order valence-electron chi connectivity index (χ2n) is 3.19. The molecule has 0 bridgehead atoms. The van der Waals surface area contributed by atoms with Crippen LogP contribution in [0.25, 0.3) is 0 Å². The number of nitrogens with one attached hydrogen (secondary N) is 1. The summed E-state index contributed by atoms with van der Waals surface area (Å²) in [6.07, 6.45) is 5.20. The maximum absolute atomic E-state index is 10.2. The summed E-state index contributed by atoms with van der Waals surface area (Å²) in [4.78, 5) is 18.4. The molecule has 5 nitrogen and oxygen atoms in total. The van der Waals surface area contributed by atoms with Crippen LogP contribution in [0.3, 0.4) is 0 Å². The van der Waals surface area contributed by atoms with Gasteiger partial charge in [0.15, 0.2) is 0 Å². The fourth-order valence-electron chi connectivity index (χ4n) is 1.07. The average Bonchev–Trinajstić information content (AvgIpc) is 2.25. The van der Waals surface area contributed by atoms with Crippen molar-refractivity contribution in [2.45, 2.75) is 26.2 Å². The number of carbonyl (C=O) groups is 1. The van der Waals surface area contributed by atoms with E-state index in [0.29, 0.717) is 18.9 Å². The molecule has 2 N–H and O–H groups in total. The summed E-state index contributed by atoms with van der Waals surface area (Å²) < 4.78 is 0. The van der Waals surface area contributed by atoms with Gasteiger partial charge in [0.1, 0.15) is 0 Å². The lowest BCUT2D eigenvalue weighted by molar-refractivity contribution is -0.137. The fraction of sp³-hybridized carbons (Fsp3) is 0.500. The molecule has 15 heavy (non-hydrogen) atoms. The summed E-state index contributed by atoms with van der Waals surface area (Å²) in [5, 5.41) is 11.4. The van der Waals surface area contributed by atoms with E-state index < -0.39 is 5.97 Å². The van der Waals surface area contributed by atoms with Crippen LogP contribution in [0.5, 0.6) is 0 Å². The van der Waals surface area contributed by atoms with Gasteiger partial charge >= 0.3 is 5.97 Å². The molecule has 0 aliphatic heterocycles. The zero-order chi connectivity index (χ0) is 11.1. The molecule has 5 heteroatoms. The minimum Gasteiger partial charge on any atom is -0.481 e. The monoisotopic (exact) mass is 209 g/mol. The summed E-state index contributed by atoms with van der Waals surface area (Å²) in [6.45, 7) is 2.62. The first-order valence-electron chi connectivity index (χ1n) is 4.99. The van der Waals surface area contributed by atoms with Gasteiger partial charge in [0, 0.05) is 25.4 Å². The van der Waals surface area contributed by atoms with Crippen molar-refractivity contribution in [3.63, 3.8) is 0 Å². The number of anilines is 1. The van der Waals surface area contributed by atoms with Crippen LogP contribution in [-0.4, -0.2) is 27.6 Å². The van der Waals surface area contributed by atoms with Gasteiger partial charge in [0.2, 0.25) is 5.95 Å². The van der Waals surface area contributed by atoms with Gasteiger partial charge < -0.3 is 10.4 Å². The van der Waals surface area contributed by atoms with Crippen LogP contribution in [0.4, 0.5) is 5.95 Å². The van der Waals surface area contributed by atoms with Crippen molar-refractivity contribution >= 4 is 11.9 Å². The predicted molar refractivity (Wildman–Crippen MR) is 56.8 cm³/mol. The molecule has 0 amide bonds. The number of carboxylic acid groups (broad SMARTS) is 1. The molecule has 0 aliphatic rings. The van der Waals surface area contributed by atoms with Crippen molar-refractivity contribution in [2.75, 3.05) is 11.9 Å². The van der Waals surface area contributed by atoms with Crippen molar-refractivity contribution < 1.29 is 9.90 Å². The summed E-state index contributed by atoms with van der Waals surface area (Å²) in [5.41, 5.74) is 1.09. The molecule has 0 aromatic carbocycles. The van der Waals surface area contributed by atoms with E-state index in [1.165, 1.54) is 0 Å². The lowest BCUT2D eigenvalue weighted by Crippen LogP contribution is -2.07. The highest BCUT2D eigenvalue weighted by molar-refractivity contribution is 5.66. The maximum atomic E-state index is 10.2. The zero-order valence-corrected chi connectivity index (χ0v) is 8.73. The third kappa shape index (κ3) is 4.39. The Morgan fingerprint density at radius 1 is 1.47 bits per heavy atom. The number of aryl methyl sites for hydroxylation is 1. The van der Waals surface area contributed by atoms with Crippen molar-refractivity contribution in [2.24, 2.45) is 0 Å². The highest BCUT2D eigenvalue weighted by atomic mass is 16.4. The van der Waals surface area contributed by atoms with Gasteiger partial charge in [-0.15, -0.1) is 0 Å². The summed E-state index contributed by atoms with van der Waals surface area (Å²) in [5.74, 6) is -0.225. The molecule has 0 unspecified atom stereocenters. The van der Waals surface area contributed by atoms with Gasteiger partial charge in [-0.05, 0) is 18.4 Å². The van der Waals surface area contributed by atoms with Crippen LogP contribution in [0, 0.1) is 0 Å². The predicted octanol–water partition coefficient (Wildman–Crippen LogP) is 1.32. The van der Waals surface area contributed by atoms with E-state index in [2.05, 4.69) is 15.3 Å². The SMILES string of the molecule is CCc1cnc(NCCCC(=O)O)nc1. The highest BCUT2D eigenvalue weighted by Crippen LogP contribution is 2.01. The van der Waals surface area contributed by atoms with Gasteiger partial charge in [-0.1, -0.05) is 6.92 Å². The van der Waals surface area contributed by atoms with Gasteiger partial charge in [-0.3, -0.25) is 4.79 Å². The second kappa shape index (κ2) is 5.95. The van der Waals surface area contributed by atoms with E-state index in [4.69, 9.17) is 5.11 Å². The quantitative estimate of drug-likeness (QED) is 0.691. The lowest BCUT2D eigenvalue weighted by Gasteiger charge is -2.03. The van der Waals surface area contributed by atoms with E-state index in [-0.39, 0.29) is 6.42 Å². The Bertz CT molecular complexity index is 311. The Hall–Kier alpha value is -1.65. The molecule has 0 saturated heterocycles. The van der Waals surface area contributed by atoms with Gasteiger partial charge in [-0.25, -0.2) is 9.97 Å². The zero-order valence-electron chi connectivity index (χ0n) is 8.73. The first kappa shape index (κ1) is 11.4. The molecule has 0 atom stereocenters. The molecule has 1 aromatic rings. The van der Waals surface area contributed by atoms with E-state index in [9.17, 15) is 4.79 Å². The Morgan fingerprint density at radius 3 is 2.67 bits per heavy atom. The molecule has 0 fully saturated rings. The molecular formula is C10H15N3O2. The summed E-state index contributed by atoms with van der Waals surface area (Å²) >= 11 is 0. The Morgan fingerprint density at radius 2 is 2.13 bits per heavy atom. The van der Waals surface area contributed by atoms with E-state index in [0.717, 1.165) is 12.0 Å². The third-order valence-corrected chi connectivity index (χ3v) is 1.96. The Balaban J connectivity index is 2.28. The van der Waals surface area contributed by atoms with Gasteiger partial charge in [0.25, 0.3) is 0 Å². The smallest absolute Gasteiger partial charge is 0.303 e. The molecule has 0 radical (unpaired) electrons. The molecular weight excluding hydrogens is 194 g/mol. The second-order valence-corrected chi connectivity index (χ2v) is 3.19. The minimum absolute atomic E-state index is 0.167. The van der Waals surface area contributed by atoms with Crippen LogP contribution in [-0.2, 0) is 11.2 Å². The summed E-state index contributed by atoms with van der Waals surface area (Å²) in [7, 11) is 0. The van der Waals surface area contributed by atoms with Crippen LogP contribution in [0.1, 0.15) is 25.3 Å². The van der Waals surface area contributed by atoms with Crippen LogP contribution in [0.15, 0.2) is 12.4 Å². The van der Waals surface area contributed by atoms with Crippen molar-refractivity contribution in [3.05, 3.63) is 18.0 Å². The number of aromatic nitrogens is 2. The summed E-state index contributed by atoms with van der Waals surface area (Å²) in [6, 6.07) is 0. The van der Waals surface area contributed by atoms with Crippen LogP contribution >= 0.6 is 0 Å². The van der Waals surface area contributed by atoms with E-state index in [1.807, 2.05) is 6.92 Å². The van der Waals surface area contributed by atoms with E-state index >= 15 is 0 Å².